The van der Waals surface area contributed by atoms with Crippen molar-refractivity contribution in [2.45, 2.75) is 51.5 Å². The zero-order valence-electron chi connectivity index (χ0n) is 11.8. The van der Waals surface area contributed by atoms with Gasteiger partial charge in [-0.15, -0.1) is 0 Å². The summed E-state index contributed by atoms with van der Waals surface area (Å²) in [5, 5.41) is 0. The van der Waals surface area contributed by atoms with E-state index < -0.39 is 0 Å². The number of carbonyl (C=O) groups excluding carboxylic acids is 1. The highest BCUT2D eigenvalue weighted by atomic mass is 19.1. The van der Waals surface area contributed by atoms with Crippen LogP contribution in [0, 0.1) is 5.82 Å². The maximum atomic E-state index is 14.1. The molecule has 1 aliphatic carbocycles. The van der Waals surface area contributed by atoms with Gasteiger partial charge in [-0.1, -0.05) is 31.7 Å². The van der Waals surface area contributed by atoms with Crippen molar-refractivity contribution in [3.8, 4) is 0 Å². The number of carbonyl (C=O) groups is 1. The maximum Gasteiger partial charge on any atom is 0.161 e. The molecule has 2 rings (SSSR count). The van der Waals surface area contributed by atoms with Crippen LogP contribution in [0.15, 0.2) is 18.2 Å². The zero-order valence-corrected chi connectivity index (χ0v) is 11.8. The smallest absolute Gasteiger partial charge is 0.161 e. The predicted octanol–water partition coefficient (Wildman–Crippen LogP) is 4.19. The van der Waals surface area contributed by atoms with Gasteiger partial charge in [0.2, 0.25) is 0 Å². The molecule has 3 heteroatoms. The Hall–Kier alpha value is -1.38. The summed E-state index contributed by atoms with van der Waals surface area (Å²) in [6.45, 7) is 1.50. The molecule has 19 heavy (non-hydrogen) atoms. The highest BCUT2D eigenvalue weighted by molar-refractivity contribution is 5.99. The van der Waals surface area contributed by atoms with E-state index in [1.807, 2.05) is 11.9 Å². The first kappa shape index (κ1) is 14.0. The molecule has 1 aromatic rings. The van der Waals surface area contributed by atoms with Crippen molar-refractivity contribution in [1.29, 1.82) is 0 Å². The van der Waals surface area contributed by atoms with Gasteiger partial charge >= 0.3 is 0 Å². The highest BCUT2D eigenvalue weighted by Crippen LogP contribution is 2.30. The molecule has 0 N–H and O–H groups in total. The molecule has 1 fully saturated rings. The molecule has 2 nitrogen and oxygen atoms in total. The number of para-hydroxylation sites is 1. The molecule has 0 atom stereocenters. The third-order valence-electron chi connectivity index (χ3n) is 4.09. The Balaban J connectivity index is 2.31. The maximum absolute atomic E-state index is 14.1. The lowest BCUT2D eigenvalue weighted by atomic mass is 10.0. The summed E-state index contributed by atoms with van der Waals surface area (Å²) in [6, 6.07) is 5.11. The number of anilines is 1. The second-order valence-electron chi connectivity index (χ2n) is 5.45. The minimum absolute atomic E-state index is 0.0741. The highest BCUT2D eigenvalue weighted by Gasteiger charge is 2.23. The fourth-order valence-corrected chi connectivity index (χ4v) is 2.99. The quantitative estimate of drug-likeness (QED) is 0.602. The molecule has 0 unspecified atom stereocenters. The Bertz CT molecular complexity index is 450. The SMILES string of the molecule is CC(=O)c1cccc(F)c1N(C)C1CCCCCC1. The van der Waals surface area contributed by atoms with Gasteiger partial charge in [-0.25, -0.2) is 4.39 Å². The van der Waals surface area contributed by atoms with E-state index >= 15 is 0 Å². The van der Waals surface area contributed by atoms with Crippen LogP contribution in [0.2, 0.25) is 0 Å². The van der Waals surface area contributed by atoms with E-state index in [1.54, 1.807) is 12.1 Å². The van der Waals surface area contributed by atoms with Crippen LogP contribution >= 0.6 is 0 Å². The van der Waals surface area contributed by atoms with Crippen molar-refractivity contribution in [3.05, 3.63) is 29.6 Å². The van der Waals surface area contributed by atoms with Crippen LogP contribution in [-0.2, 0) is 0 Å². The van der Waals surface area contributed by atoms with Gasteiger partial charge in [-0.3, -0.25) is 4.79 Å². The largest absolute Gasteiger partial charge is 0.369 e. The number of ketones is 1. The standard InChI is InChI=1S/C16H22FNO/c1-12(19)14-10-7-11-15(17)16(14)18(2)13-8-5-3-4-6-9-13/h7,10-11,13H,3-6,8-9H2,1-2H3. The summed E-state index contributed by atoms with van der Waals surface area (Å²) in [4.78, 5) is 13.7. The fraction of sp³-hybridized carbons (Fsp3) is 0.562. The summed E-state index contributed by atoms with van der Waals surface area (Å²) in [5.41, 5.74) is 0.966. The van der Waals surface area contributed by atoms with Crippen LogP contribution < -0.4 is 4.90 Å². The molecule has 104 valence electrons. The van der Waals surface area contributed by atoms with Crippen molar-refractivity contribution in [2.24, 2.45) is 0 Å². The van der Waals surface area contributed by atoms with E-state index in [-0.39, 0.29) is 11.6 Å². The van der Waals surface area contributed by atoms with Gasteiger partial charge in [0.25, 0.3) is 0 Å². The second-order valence-corrected chi connectivity index (χ2v) is 5.45. The molecule has 1 saturated carbocycles. The Labute approximate surface area is 114 Å². The van der Waals surface area contributed by atoms with Crippen LogP contribution in [-0.4, -0.2) is 18.9 Å². The average Bonchev–Trinajstić information content (AvgIpc) is 2.66. The van der Waals surface area contributed by atoms with Crippen molar-refractivity contribution in [2.75, 3.05) is 11.9 Å². The molecule has 0 aliphatic heterocycles. The summed E-state index contributed by atoms with van der Waals surface area (Å²) in [5.74, 6) is -0.366. The molecular formula is C16H22FNO. The molecule has 0 saturated heterocycles. The van der Waals surface area contributed by atoms with Crippen molar-refractivity contribution in [3.63, 3.8) is 0 Å². The van der Waals surface area contributed by atoms with Crippen LogP contribution in [0.5, 0.6) is 0 Å². The monoisotopic (exact) mass is 263 g/mol. The Morgan fingerprint density at radius 1 is 1.21 bits per heavy atom. The minimum Gasteiger partial charge on any atom is -0.369 e. The number of benzene rings is 1. The Kier molecular flexibility index (Phi) is 4.56. The van der Waals surface area contributed by atoms with Crippen LogP contribution in [0.3, 0.4) is 0 Å². The molecule has 1 aromatic carbocycles. The predicted molar refractivity (Wildman–Crippen MR) is 76.3 cm³/mol. The van der Waals surface area contributed by atoms with Crippen LogP contribution in [0.25, 0.3) is 0 Å². The second kappa shape index (κ2) is 6.18. The summed E-state index contributed by atoms with van der Waals surface area (Å²) >= 11 is 0. The molecule has 0 bridgehead atoms. The number of Topliss-reactive ketones (excluding diaryl/α,β-unsaturated/α-hetero) is 1. The van der Waals surface area contributed by atoms with E-state index in [9.17, 15) is 9.18 Å². The van der Waals surface area contributed by atoms with Crippen molar-refractivity contribution in [1.82, 2.24) is 0 Å². The lowest BCUT2D eigenvalue weighted by molar-refractivity contribution is 0.101. The number of halogens is 1. The first-order valence-electron chi connectivity index (χ1n) is 7.13. The summed E-state index contributed by atoms with van der Waals surface area (Å²) in [6.07, 6.45) is 7.09. The van der Waals surface area contributed by atoms with Gasteiger partial charge in [-0.2, -0.15) is 0 Å². The fourth-order valence-electron chi connectivity index (χ4n) is 2.99. The van der Waals surface area contributed by atoms with E-state index in [4.69, 9.17) is 0 Å². The number of hydrogen-bond donors (Lipinski definition) is 0. The van der Waals surface area contributed by atoms with Gasteiger partial charge in [-0.05, 0) is 31.9 Å². The van der Waals surface area contributed by atoms with E-state index in [0.29, 0.717) is 17.3 Å². The Morgan fingerprint density at radius 3 is 2.42 bits per heavy atom. The zero-order chi connectivity index (χ0) is 13.8. The van der Waals surface area contributed by atoms with E-state index in [2.05, 4.69) is 0 Å². The molecule has 0 heterocycles. The molecule has 0 aromatic heterocycles. The summed E-state index contributed by atoms with van der Waals surface area (Å²) < 4.78 is 14.1. The normalized spacial score (nSPS) is 17.0. The number of nitrogens with zero attached hydrogens (tertiary/aromatic N) is 1. The summed E-state index contributed by atoms with van der Waals surface area (Å²) in [7, 11) is 1.92. The third-order valence-corrected chi connectivity index (χ3v) is 4.09. The van der Waals surface area contributed by atoms with E-state index in [1.165, 1.54) is 38.7 Å². The van der Waals surface area contributed by atoms with Gasteiger partial charge < -0.3 is 4.90 Å². The topological polar surface area (TPSA) is 20.3 Å². The van der Waals surface area contributed by atoms with Crippen LogP contribution in [0.1, 0.15) is 55.8 Å². The molecule has 1 aliphatic rings. The van der Waals surface area contributed by atoms with Crippen LogP contribution in [0.4, 0.5) is 10.1 Å². The lowest BCUT2D eigenvalue weighted by Crippen LogP contribution is -2.33. The minimum atomic E-state index is -0.292. The molecule has 0 radical (unpaired) electrons. The third kappa shape index (κ3) is 3.14. The van der Waals surface area contributed by atoms with Gasteiger partial charge in [0.1, 0.15) is 5.82 Å². The molecule has 0 spiro atoms. The Morgan fingerprint density at radius 2 is 1.84 bits per heavy atom. The first-order chi connectivity index (χ1) is 9.11. The molecule has 0 amide bonds. The van der Waals surface area contributed by atoms with Gasteiger partial charge in [0.15, 0.2) is 5.78 Å². The van der Waals surface area contributed by atoms with E-state index in [0.717, 1.165) is 12.8 Å². The first-order valence-corrected chi connectivity index (χ1v) is 7.13. The average molecular weight is 263 g/mol. The van der Waals surface area contributed by atoms with Gasteiger partial charge in [0.05, 0.1) is 5.69 Å². The number of hydrogen-bond acceptors (Lipinski definition) is 2. The lowest BCUT2D eigenvalue weighted by Gasteiger charge is -2.31. The molecular weight excluding hydrogens is 241 g/mol. The number of rotatable bonds is 3. The van der Waals surface area contributed by atoms with Gasteiger partial charge in [0, 0.05) is 18.7 Å². The van der Waals surface area contributed by atoms with Crippen molar-refractivity contribution < 1.29 is 9.18 Å². The van der Waals surface area contributed by atoms with Crippen molar-refractivity contribution >= 4 is 11.5 Å².